The van der Waals surface area contributed by atoms with Crippen LogP contribution in [-0.4, -0.2) is 20.2 Å². The molecule has 3 nitrogen and oxygen atoms in total. The summed E-state index contributed by atoms with van der Waals surface area (Å²) >= 11 is 0. The smallest absolute Gasteiger partial charge is 0.338 e. The van der Waals surface area contributed by atoms with Crippen LogP contribution in [0, 0.1) is 11.6 Å². The molecule has 0 spiro atoms. The van der Waals surface area contributed by atoms with Gasteiger partial charge in [-0.05, 0) is 0 Å². The summed E-state index contributed by atoms with van der Waals surface area (Å²) in [6, 6.07) is 1.61. The number of carbonyl (C=O) groups is 1. The van der Waals surface area contributed by atoms with Crippen molar-refractivity contribution < 1.29 is 23.0 Å². The molecule has 0 atom stereocenters. The number of hydrogen-bond donors (Lipinski definition) is 0. The van der Waals surface area contributed by atoms with E-state index in [0.29, 0.717) is 6.07 Å². The first-order chi connectivity index (χ1) is 7.51. The van der Waals surface area contributed by atoms with Crippen molar-refractivity contribution in [1.82, 2.24) is 0 Å². The number of rotatable bonds is 3. The average molecular weight is 228 g/mol. The largest absolute Gasteiger partial charge is 0.496 e. The van der Waals surface area contributed by atoms with Crippen LogP contribution in [0.15, 0.2) is 18.7 Å². The molecule has 0 fully saturated rings. The molecule has 16 heavy (non-hydrogen) atoms. The molecular formula is C11H10F2O3. The van der Waals surface area contributed by atoms with E-state index in [0.717, 1.165) is 13.2 Å². The highest BCUT2D eigenvalue weighted by Gasteiger charge is 2.20. The van der Waals surface area contributed by atoms with E-state index >= 15 is 0 Å². The van der Waals surface area contributed by atoms with E-state index in [9.17, 15) is 13.6 Å². The minimum Gasteiger partial charge on any atom is -0.496 e. The fraction of sp³-hybridized carbons (Fsp3) is 0.182. The zero-order chi connectivity index (χ0) is 12.3. The molecule has 0 N–H and O–H groups in total. The summed E-state index contributed by atoms with van der Waals surface area (Å²) in [5.41, 5.74) is -0.424. The molecule has 0 amide bonds. The number of carbonyl (C=O) groups excluding carboxylic acids is 1. The first kappa shape index (κ1) is 12.2. The van der Waals surface area contributed by atoms with E-state index in [-0.39, 0.29) is 16.9 Å². The Bertz CT molecular complexity index is 441. The van der Waals surface area contributed by atoms with Crippen molar-refractivity contribution in [1.29, 1.82) is 0 Å². The lowest BCUT2D eigenvalue weighted by Crippen LogP contribution is -2.06. The van der Waals surface area contributed by atoms with Crippen molar-refractivity contribution in [3.05, 3.63) is 35.9 Å². The molecule has 5 heteroatoms. The Balaban J connectivity index is 3.32. The summed E-state index contributed by atoms with van der Waals surface area (Å²) in [5, 5.41) is 0. The van der Waals surface area contributed by atoms with Crippen LogP contribution in [-0.2, 0) is 9.53 Å². The predicted octanol–water partition coefficient (Wildman–Crippen LogP) is 2.16. The maximum atomic E-state index is 13.5. The summed E-state index contributed by atoms with van der Waals surface area (Å²) in [5.74, 6) is -2.63. The quantitative estimate of drug-likeness (QED) is 0.587. The summed E-state index contributed by atoms with van der Waals surface area (Å²) in [6.07, 6.45) is 0. The lowest BCUT2D eigenvalue weighted by molar-refractivity contribution is -0.133. The first-order valence-corrected chi connectivity index (χ1v) is 4.32. The van der Waals surface area contributed by atoms with Gasteiger partial charge in [0.25, 0.3) is 0 Å². The van der Waals surface area contributed by atoms with E-state index in [1.807, 2.05) is 0 Å². The van der Waals surface area contributed by atoms with Gasteiger partial charge in [-0.3, -0.25) is 0 Å². The summed E-state index contributed by atoms with van der Waals surface area (Å²) in [7, 11) is 2.38. The Morgan fingerprint density at radius 3 is 2.44 bits per heavy atom. The number of hydrogen-bond acceptors (Lipinski definition) is 3. The summed E-state index contributed by atoms with van der Waals surface area (Å²) in [6.45, 7) is 3.38. The normalized spacial score (nSPS) is 9.75. The van der Waals surface area contributed by atoms with Crippen LogP contribution < -0.4 is 4.74 Å². The van der Waals surface area contributed by atoms with Crippen molar-refractivity contribution >= 4 is 11.5 Å². The van der Waals surface area contributed by atoms with Gasteiger partial charge < -0.3 is 9.47 Å². The van der Waals surface area contributed by atoms with Gasteiger partial charge in [-0.1, -0.05) is 6.58 Å². The Hall–Kier alpha value is -1.91. The number of benzene rings is 1. The molecule has 0 radical (unpaired) electrons. The number of esters is 1. The van der Waals surface area contributed by atoms with Gasteiger partial charge in [-0.15, -0.1) is 0 Å². The minimum atomic E-state index is -0.924. The molecule has 0 saturated heterocycles. The van der Waals surface area contributed by atoms with Crippen LogP contribution in [0.25, 0.3) is 5.57 Å². The van der Waals surface area contributed by atoms with Crippen LogP contribution in [0.5, 0.6) is 5.75 Å². The molecule has 1 rings (SSSR count). The Labute approximate surface area is 91.3 Å². The fourth-order valence-electron chi connectivity index (χ4n) is 1.23. The molecule has 0 aliphatic rings. The van der Waals surface area contributed by atoms with Crippen LogP contribution in [0.1, 0.15) is 5.56 Å². The molecule has 1 aromatic carbocycles. The first-order valence-electron chi connectivity index (χ1n) is 4.32. The van der Waals surface area contributed by atoms with Crippen molar-refractivity contribution in [3.63, 3.8) is 0 Å². The molecule has 0 aliphatic carbocycles. The van der Waals surface area contributed by atoms with Crippen molar-refractivity contribution in [2.45, 2.75) is 0 Å². The maximum Gasteiger partial charge on any atom is 0.338 e. The van der Waals surface area contributed by atoms with Crippen molar-refractivity contribution in [2.24, 2.45) is 0 Å². The Morgan fingerprint density at radius 1 is 1.31 bits per heavy atom. The third-order valence-electron chi connectivity index (χ3n) is 1.97. The van der Waals surface area contributed by atoms with E-state index < -0.39 is 17.6 Å². The highest BCUT2D eigenvalue weighted by molar-refractivity contribution is 6.16. The van der Waals surface area contributed by atoms with Crippen molar-refractivity contribution in [2.75, 3.05) is 14.2 Å². The predicted molar refractivity (Wildman–Crippen MR) is 54.0 cm³/mol. The lowest BCUT2D eigenvalue weighted by Gasteiger charge is -2.10. The van der Waals surface area contributed by atoms with Gasteiger partial charge in [-0.2, -0.15) is 0 Å². The third-order valence-corrected chi connectivity index (χ3v) is 1.97. The van der Waals surface area contributed by atoms with Gasteiger partial charge >= 0.3 is 5.97 Å². The third kappa shape index (κ3) is 2.18. The van der Waals surface area contributed by atoms with Gasteiger partial charge in [0.1, 0.15) is 17.4 Å². The monoisotopic (exact) mass is 228 g/mol. The van der Waals surface area contributed by atoms with E-state index in [2.05, 4.69) is 11.3 Å². The zero-order valence-electron chi connectivity index (χ0n) is 8.84. The van der Waals surface area contributed by atoms with Crippen LogP contribution in [0.3, 0.4) is 0 Å². The molecule has 0 saturated carbocycles. The Kier molecular flexibility index (Phi) is 3.60. The van der Waals surface area contributed by atoms with Crippen LogP contribution in [0.2, 0.25) is 0 Å². The lowest BCUT2D eigenvalue weighted by atomic mass is 10.1. The SMILES string of the molecule is C=C(C(=O)OC)c1c(F)cc(F)cc1OC. The topological polar surface area (TPSA) is 35.5 Å². The van der Waals surface area contributed by atoms with Gasteiger partial charge in [0.2, 0.25) is 0 Å². The molecule has 0 aromatic heterocycles. The van der Waals surface area contributed by atoms with E-state index in [4.69, 9.17) is 4.74 Å². The second-order valence-electron chi connectivity index (χ2n) is 2.94. The zero-order valence-corrected chi connectivity index (χ0v) is 8.84. The fourth-order valence-corrected chi connectivity index (χ4v) is 1.23. The summed E-state index contributed by atoms with van der Waals surface area (Å²) < 4.78 is 35.5. The van der Waals surface area contributed by atoms with Crippen LogP contribution in [0.4, 0.5) is 8.78 Å². The van der Waals surface area contributed by atoms with Crippen LogP contribution >= 0.6 is 0 Å². The van der Waals surface area contributed by atoms with E-state index in [1.54, 1.807) is 0 Å². The molecule has 0 aliphatic heterocycles. The molecular weight excluding hydrogens is 218 g/mol. The van der Waals surface area contributed by atoms with Gasteiger partial charge in [-0.25, -0.2) is 13.6 Å². The number of ether oxygens (including phenoxy) is 2. The Morgan fingerprint density at radius 2 is 1.94 bits per heavy atom. The molecule has 0 bridgehead atoms. The van der Waals surface area contributed by atoms with Crippen molar-refractivity contribution in [3.8, 4) is 5.75 Å². The van der Waals surface area contributed by atoms with E-state index in [1.165, 1.54) is 7.11 Å². The van der Waals surface area contributed by atoms with Gasteiger partial charge in [0, 0.05) is 12.1 Å². The second kappa shape index (κ2) is 4.74. The second-order valence-corrected chi connectivity index (χ2v) is 2.94. The molecule has 86 valence electrons. The molecule has 1 aromatic rings. The van der Waals surface area contributed by atoms with Gasteiger partial charge in [0.05, 0.1) is 25.4 Å². The highest BCUT2D eigenvalue weighted by atomic mass is 19.1. The number of methoxy groups -OCH3 is 2. The standard InChI is InChI=1S/C11H10F2O3/c1-6(11(14)16-3)10-8(13)4-7(12)5-9(10)15-2/h4-5H,1H2,2-3H3. The highest BCUT2D eigenvalue weighted by Crippen LogP contribution is 2.29. The minimum absolute atomic E-state index is 0.104. The average Bonchev–Trinajstić information content (AvgIpc) is 2.26. The molecule has 0 unspecified atom stereocenters. The maximum absolute atomic E-state index is 13.5. The number of halogens is 2. The van der Waals surface area contributed by atoms with Gasteiger partial charge in [0.15, 0.2) is 0 Å². The molecule has 0 heterocycles. The summed E-state index contributed by atoms with van der Waals surface area (Å²) in [4.78, 5) is 11.2.